The van der Waals surface area contributed by atoms with E-state index in [1.165, 1.54) is 5.75 Å². The van der Waals surface area contributed by atoms with E-state index < -0.39 is 0 Å². The zero-order chi connectivity index (χ0) is 14.0. The van der Waals surface area contributed by atoms with Crippen LogP contribution in [0.15, 0.2) is 0 Å². The van der Waals surface area contributed by atoms with Gasteiger partial charge in [-0.1, -0.05) is 20.3 Å². The van der Waals surface area contributed by atoms with Gasteiger partial charge < -0.3 is 10.2 Å². The zero-order valence-corrected chi connectivity index (χ0v) is 12.8. The molecule has 0 saturated carbocycles. The maximum Gasteiger partial charge on any atom is 0.246 e. The first-order chi connectivity index (χ1) is 9.06. The van der Waals surface area contributed by atoms with E-state index in [1.807, 2.05) is 30.5 Å². The lowest BCUT2D eigenvalue weighted by atomic mass is 9.93. The lowest BCUT2D eigenvalue weighted by molar-refractivity contribution is -0.152. The molecule has 5 heteroatoms. The van der Waals surface area contributed by atoms with Crippen LogP contribution >= 0.6 is 11.8 Å². The van der Waals surface area contributed by atoms with Gasteiger partial charge >= 0.3 is 0 Å². The molecule has 19 heavy (non-hydrogen) atoms. The third-order valence-corrected chi connectivity index (χ3v) is 5.56. The van der Waals surface area contributed by atoms with Crippen LogP contribution in [0.2, 0.25) is 0 Å². The van der Waals surface area contributed by atoms with Crippen molar-refractivity contribution in [2.45, 2.75) is 58.2 Å². The molecule has 4 nitrogen and oxygen atoms in total. The van der Waals surface area contributed by atoms with E-state index in [0.717, 1.165) is 25.0 Å². The fraction of sp³-hybridized carbons (Fsp3) is 0.857. The molecule has 0 aromatic heterocycles. The molecule has 0 aliphatic carbocycles. The predicted octanol–water partition coefficient (Wildman–Crippen LogP) is 1.64. The van der Waals surface area contributed by atoms with Crippen molar-refractivity contribution >= 4 is 23.6 Å². The Kier molecular flexibility index (Phi) is 4.76. The molecule has 0 radical (unpaired) electrons. The molecule has 2 heterocycles. The largest absolute Gasteiger partial charge is 0.342 e. The van der Waals surface area contributed by atoms with E-state index in [2.05, 4.69) is 12.2 Å². The van der Waals surface area contributed by atoms with Gasteiger partial charge in [0.2, 0.25) is 11.8 Å². The summed E-state index contributed by atoms with van der Waals surface area (Å²) in [4.78, 5) is 26.7. The summed E-state index contributed by atoms with van der Waals surface area (Å²) in [5, 5.41) is 2.90. The van der Waals surface area contributed by atoms with E-state index >= 15 is 0 Å². The minimum Gasteiger partial charge on any atom is -0.342 e. The Balaban J connectivity index is 2.18. The molecule has 4 unspecified atom stereocenters. The SMILES string of the molecule is CCC(C)C1NC(=O)C(C)N(C2CCCSC2)C1=O. The smallest absolute Gasteiger partial charge is 0.246 e. The van der Waals surface area contributed by atoms with Crippen molar-refractivity contribution in [1.82, 2.24) is 10.2 Å². The Morgan fingerprint density at radius 1 is 1.47 bits per heavy atom. The second-order valence-electron chi connectivity index (χ2n) is 5.66. The number of nitrogens with zero attached hydrogens (tertiary/aromatic N) is 1. The maximum absolute atomic E-state index is 12.7. The summed E-state index contributed by atoms with van der Waals surface area (Å²) in [7, 11) is 0. The van der Waals surface area contributed by atoms with E-state index in [9.17, 15) is 9.59 Å². The Labute approximate surface area is 119 Å². The number of carbonyl (C=O) groups is 2. The molecule has 2 rings (SSSR count). The van der Waals surface area contributed by atoms with E-state index in [1.54, 1.807) is 0 Å². The molecule has 1 N–H and O–H groups in total. The van der Waals surface area contributed by atoms with Gasteiger partial charge in [-0.15, -0.1) is 0 Å². The normalized spacial score (nSPS) is 34.1. The summed E-state index contributed by atoms with van der Waals surface area (Å²) >= 11 is 1.89. The van der Waals surface area contributed by atoms with Crippen LogP contribution in [0.3, 0.4) is 0 Å². The Bertz CT molecular complexity index is 355. The van der Waals surface area contributed by atoms with Gasteiger partial charge in [-0.25, -0.2) is 0 Å². The van der Waals surface area contributed by atoms with Gasteiger partial charge in [0, 0.05) is 11.8 Å². The highest BCUT2D eigenvalue weighted by Crippen LogP contribution is 2.27. The average molecular weight is 284 g/mol. The number of amides is 2. The average Bonchev–Trinajstić information content (AvgIpc) is 2.43. The fourth-order valence-corrected chi connectivity index (χ4v) is 4.01. The van der Waals surface area contributed by atoms with Gasteiger partial charge in [0.15, 0.2) is 0 Å². The molecular weight excluding hydrogens is 260 g/mol. The topological polar surface area (TPSA) is 49.4 Å². The van der Waals surface area contributed by atoms with Crippen molar-refractivity contribution in [3.63, 3.8) is 0 Å². The standard InChI is InChI=1S/C14H24N2O2S/c1-4-9(2)12-14(18)16(10(3)13(17)15-12)11-6-5-7-19-8-11/h9-12H,4-8H2,1-3H3,(H,15,17). The van der Waals surface area contributed by atoms with Crippen LogP contribution in [0.1, 0.15) is 40.0 Å². The molecule has 2 saturated heterocycles. The van der Waals surface area contributed by atoms with Crippen LogP contribution < -0.4 is 5.32 Å². The molecule has 2 amide bonds. The van der Waals surface area contributed by atoms with Crippen molar-refractivity contribution in [2.24, 2.45) is 5.92 Å². The number of hydrogen-bond acceptors (Lipinski definition) is 3. The summed E-state index contributed by atoms with van der Waals surface area (Å²) in [5.74, 6) is 2.46. The number of carbonyl (C=O) groups excluding carboxylic acids is 2. The summed E-state index contributed by atoms with van der Waals surface area (Å²) in [6.45, 7) is 5.94. The molecule has 0 aromatic rings. The molecule has 0 aromatic carbocycles. The Morgan fingerprint density at radius 3 is 2.79 bits per heavy atom. The lowest BCUT2D eigenvalue weighted by Crippen LogP contribution is -2.66. The summed E-state index contributed by atoms with van der Waals surface area (Å²) in [5.41, 5.74) is 0. The first kappa shape index (κ1) is 14.7. The molecular formula is C14H24N2O2S. The molecule has 108 valence electrons. The second kappa shape index (κ2) is 6.16. The third-order valence-electron chi connectivity index (χ3n) is 4.36. The molecule has 0 bridgehead atoms. The fourth-order valence-electron chi connectivity index (χ4n) is 2.87. The van der Waals surface area contributed by atoms with Crippen molar-refractivity contribution in [1.29, 1.82) is 0 Å². The van der Waals surface area contributed by atoms with E-state index in [4.69, 9.17) is 0 Å². The minimum atomic E-state index is -0.333. The van der Waals surface area contributed by atoms with Crippen LogP contribution in [-0.4, -0.2) is 46.3 Å². The first-order valence-corrected chi connectivity index (χ1v) is 8.42. The van der Waals surface area contributed by atoms with Crippen molar-refractivity contribution in [2.75, 3.05) is 11.5 Å². The summed E-state index contributed by atoms with van der Waals surface area (Å²) in [6.07, 6.45) is 3.07. The van der Waals surface area contributed by atoms with E-state index in [-0.39, 0.29) is 35.9 Å². The van der Waals surface area contributed by atoms with Crippen LogP contribution in [0, 0.1) is 5.92 Å². The highest BCUT2D eigenvalue weighted by atomic mass is 32.2. The molecule has 0 spiro atoms. The monoisotopic (exact) mass is 284 g/mol. The van der Waals surface area contributed by atoms with Gasteiger partial charge in [0.1, 0.15) is 12.1 Å². The lowest BCUT2D eigenvalue weighted by Gasteiger charge is -2.44. The first-order valence-electron chi connectivity index (χ1n) is 7.26. The molecule has 2 aliphatic rings. The van der Waals surface area contributed by atoms with Crippen molar-refractivity contribution in [3.8, 4) is 0 Å². The number of hydrogen-bond donors (Lipinski definition) is 1. The van der Waals surface area contributed by atoms with Crippen LogP contribution in [0.25, 0.3) is 0 Å². The van der Waals surface area contributed by atoms with Gasteiger partial charge in [-0.2, -0.15) is 11.8 Å². The summed E-state index contributed by atoms with van der Waals surface area (Å²) in [6, 6.07) is -0.420. The van der Waals surface area contributed by atoms with Crippen molar-refractivity contribution < 1.29 is 9.59 Å². The van der Waals surface area contributed by atoms with Gasteiger partial charge in [0.05, 0.1) is 0 Å². The number of thioether (sulfide) groups is 1. The zero-order valence-electron chi connectivity index (χ0n) is 12.0. The predicted molar refractivity (Wildman–Crippen MR) is 78.0 cm³/mol. The molecule has 2 aliphatic heterocycles. The number of nitrogens with one attached hydrogen (secondary N) is 1. The van der Waals surface area contributed by atoms with E-state index in [0.29, 0.717) is 0 Å². The molecule has 2 fully saturated rings. The second-order valence-corrected chi connectivity index (χ2v) is 6.81. The van der Waals surface area contributed by atoms with Crippen LogP contribution in [0.4, 0.5) is 0 Å². The van der Waals surface area contributed by atoms with Crippen LogP contribution in [0.5, 0.6) is 0 Å². The third kappa shape index (κ3) is 2.91. The number of rotatable bonds is 3. The highest BCUT2D eigenvalue weighted by Gasteiger charge is 2.43. The number of piperazine rings is 1. The van der Waals surface area contributed by atoms with Gasteiger partial charge in [-0.05, 0) is 31.4 Å². The minimum absolute atomic E-state index is 0.000438. The van der Waals surface area contributed by atoms with Gasteiger partial charge in [-0.3, -0.25) is 9.59 Å². The highest BCUT2D eigenvalue weighted by molar-refractivity contribution is 7.99. The Hall–Kier alpha value is -0.710. The Morgan fingerprint density at radius 2 is 2.21 bits per heavy atom. The van der Waals surface area contributed by atoms with Gasteiger partial charge in [0.25, 0.3) is 0 Å². The quantitative estimate of drug-likeness (QED) is 0.857. The molecule has 4 atom stereocenters. The van der Waals surface area contributed by atoms with Crippen LogP contribution in [-0.2, 0) is 9.59 Å². The van der Waals surface area contributed by atoms with Crippen molar-refractivity contribution in [3.05, 3.63) is 0 Å². The maximum atomic E-state index is 12.7. The summed E-state index contributed by atoms with van der Waals surface area (Å²) < 4.78 is 0.